The number of benzene rings is 2. The Labute approximate surface area is 106 Å². The SMILES string of the molecule is c1ccc2c(OCc3ccncc3)cccc2c1. The first kappa shape index (κ1) is 10.8. The molecular formula is C16H13NO. The first-order valence-corrected chi connectivity index (χ1v) is 5.93. The van der Waals surface area contributed by atoms with Gasteiger partial charge < -0.3 is 4.74 Å². The summed E-state index contributed by atoms with van der Waals surface area (Å²) in [6.07, 6.45) is 3.56. The van der Waals surface area contributed by atoms with Crippen molar-refractivity contribution in [1.29, 1.82) is 0 Å². The highest BCUT2D eigenvalue weighted by Crippen LogP contribution is 2.25. The van der Waals surface area contributed by atoms with E-state index in [2.05, 4.69) is 23.2 Å². The zero-order valence-electron chi connectivity index (χ0n) is 9.91. The molecule has 0 atom stereocenters. The molecule has 0 fully saturated rings. The van der Waals surface area contributed by atoms with Crippen molar-refractivity contribution in [1.82, 2.24) is 4.98 Å². The van der Waals surface area contributed by atoms with Crippen molar-refractivity contribution in [2.24, 2.45) is 0 Å². The van der Waals surface area contributed by atoms with Gasteiger partial charge in [-0.15, -0.1) is 0 Å². The molecule has 0 saturated heterocycles. The summed E-state index contributed by atoms with van der Waals surface area (Å²) in [6.45, 7) is 0.566. The summed E-state index contributed by atoms with van der Waals surface area (Å²) in [4.78, 5) is 3.99. The lowest BCUT2D eigenvalue weighted by Gasteiger charge is -2.09. The van der Waals surface area contributed by atoms with Crippen LogP contribution >= 0.6 is 0 Å². The molecule has 2 aromatic carbocycles. The van der Waals surface area contributed by atoms with Crippen molar-refractivity contribution >= 4 is 10.8 Å². The number of nitrogens with zero attached hydrogens (tertiary/aromatic N) is 1. The summed E-state index contributed by atoms with van der Waals surface area (Å²) in [6, 6.07) is 18.3. The fraction of sp³-hybridized carbons (Fsp3) is 0.0625. The van der Waals surface area contributed by atoms with Crippen molar-refractivity contribution in [2.45, 2.75) is 6.61 Å². The van der Waals surface area contributed by atoms with Gasteiger partial charge in [-0.1, -0.05) is 36.4 Å². The Morgan fingerprint density at radius 2 is 1.61 bits per heavy atom. The van der Waals surface area contributed by atoms with E-state index in [0.717, 1.165) is 16.7 Å². The predicted molar refractivity (Wildman–Crippen MR) is 72.5 cm³/mol. The molecule has 0 bridgehead atoms. The number of rotatable bonds is 3. The number of aromatic nitrogens is 1. The van der Waals surface area contributed by atoms with Crippen LogP contribution in [0, 0.1) is 0 Å². The normalized spacial score (nSPS) is 10.4. The second-order valence-corrected chi connectivity index (χ2v) is 4.12. The average Bonchev–Trinajstić information content (AvgIpc) is 2.46. The molecular weight excluding hydrogens is 222 g/mol. The summed E-state index contributed by atoms with van der Waals surface area (Å²) in [5.74, 6) is 0.921. The lowest BCUT2D eigenvalue weighted by Crippen LogP contribution is -1.95. The van der Waals surface area contributed by atoms with E-state index in [1.54, 1.807) is 12.4 Å². The number of pyridine rings is 1. The van der Waals surface area contributed by atoms with Crippen LogP contribution < -0.4 is 4.74 Å². The van der Waals surface area contributed by atoms with Gasteiger partial charge in [-0.25, -0.2) is 0 Å². The largest absolute Gasteiger partial charge is 0.488 e. The van der Waals surface area contributed by atoms with Gasteiger partial charge in [0.2, 0.25) is 0 Å². The molecule has 0 radical (unpaired) electrons. The standard InChI is InChI=1S/C16H13NO/c1-2-6-15-14(4-1)5-3-7-16(15)18-12-13-8-10-17-11-9-13/h1-11H,12H2. The second kappa shape index (κ2) is 4.88. The van der Waals surface area contributed by atoms with Crippen molar-refractivity contribution in [2.75, 3.05) is 0 Å². The number of hydrogen-bond acceptors (Lipinski definition) is 2. The molecule has 0 N–H and O–H groups in total. The van der Waals surface area contributed by atoms with E-state index >= 15 is 0 Å². The van der Waals surface area contributed by atoms with Crippen LogP contribution in [0.25, 0.3) is 10.8 Å². The zero-order valence-corrected chi connectivity index (χ0v) is 9.91. The summed E-state index contributed by atoms with van der Waals surface area (Å²) in [5, 5.41) is 2.35. The third-order valence-electron chi connectivity index (χ3n) is 2.89. The Bertz CT molecular complexity index is 644. The van der Waals surface area contributed by atoms with E-state index in [0.29, 0.717) is 6.61 Å². The first-order valence-electron chi connectivity index (χ1n) is 5.93. The van der Waals surface area contributed by atoms with Crippen LogP contribution in [0.1, 0.15) is 5.56 Å². The monoisotopic (exact) mass is 235 g/mol. The molecule has 0 aliphatic heterocycles. The fourth-order valence-electron chi connectivity index (χ4n) is 1.96. The molecule has 18 heavy (non-hydrogen) atoms. The molecule has 1 aromatic heterocycles. The predicted octanol–water partition coefficient (Wildman–Crippen LogP) is 3.81. The molecule has 3 rings (SSSR count). The van der Waals surface area contributed by atoms with E-state index in [1.165, 1.54) is 5.39 Å². The summed E-state index contributed by atoms with van der Waals surface area (Å²) < 4.78 is 5.88. The van der Waals surface area contributed by atoms with E-state index in [1.807, 2.05) is 36.4 Å². The van der Waals surface area contributed by atoms with E-state index in [4.69, 9.17) is 4.74 Å². The Morgan fingerprint density at radius 1 is 0.833 bits per heavy atom. The van der Waals surface area contributed by atoms with Crippen molar-refractivity contribution < 1.29 is 4.74 Å². The fourth-order valence-corrected chi connectivity index (χ4v) is 1.96. The zero-order chi connectivity index (χ0) is 12.2. The molecule has 0 amide bonds. The smallest absolute Gasteiger partial charge is 0.127 e. The van der Waals surface area contributed by atoms with Gasteiger partial charge in [-0.05, 0) is 29.1 Å². The molecule has 0 unspecified atom stereocenters. The van der Waals surface area contributed by atoms with Gasteiger partial charge in [0.25, 0.3) is 0 Å². The Kier molecular flexibility index (Phi) is 2.92. The highest BCUT2D eigenvalue weighted by molar-refractivity contribution is 5.88. The number of ether oxygens (including phenoxy) is 1. The first-order chi connectivity index (χ1) is 8.93. The molecule has 3 aromatic rings. The molecule has 2 nitrogen and oxygen atoms in total. The highest BCUT2D eigenvalue weighted by Gasteiger charge is 2.01. The maximum atomic E-state index is 5.88. The van der Waals surface area contributed by atoms with Crippen LogP contribution in [0.5, 0.6) is 5.75 Å². The van der Waals surface area contributed by atoms with Crippen LogP contribution in [0.4, 0.5) is 0 Å². The molecule has 0 aliphatic carbocycles. The quantitative estimate of drug-likeness (QED) is 0.688. The lowest BCUT2D eigenvalue weighted by molar-refractivity contribution is 0.310. The van der Waals surface area contributed by atoms with Crippen LogP contribution in [-0.4, -0.2) is 4.98 Å². The van der Waals surface area contributed by atoms with Crippen molar-refractivity contribution in [3.8, 4) is 5.75 Å². The number of fused-ring (bicyclic) bond motifs is 1. The lowest BCUT2D eigenvalue weighted by atomic mass is 10.1. The topological polar surface area (TPSA) is 22.1 Å². The van der Waals surface area contributed by atoms with Gasteiger partial charge in [0, 0.05) is 17.8 Å². The van der Waals surface area contributed by atoms with E-state index in [9.17, 15) is 0 Å². The Morgan fingerprint density at radius 3 is 2.50 bits per heavy atom. The third-order valence-corrected chi connectivity index (χ3v) is 2.89. The molecule has 1 heterocycles. The highest BCUT2D eigenvalue weighted by atomic mass is 16.5. The third kappa shape index (κ3) is 2.18. The minimum atomic E-state index is 0.566. The van der Waals surface area contributed by atoms with E-state index < -0.39 is 0 Å². The van der Waals surface area contributed by atoms with Crippen LogP contribution in [-0.2, 0) is 6.61 Å². The van der Waals surface area contributed by atoms with Gasteiger partial charge in [0.05, 0.1) is 0 Å². The molecule has 2 heteroatoms. The summed E-state index contributed by atoms with van der Waals surface area (Å²) in [7, 11) is 0. The number of hydrogen-bond donors (Lipinski definition) is 0. The summed E-state index contributed by atoms with van der Waals surface area (Å²) >= 11 is 0. The van der Waals surface area contributed by atoms with Gasteiger partial charge in [0.15, 0.2) is 0 Å². The van der Waals surface area contributed by atoms with Crippen LogP contribution in [0.2, 0.25) is 0 Å². The Hall–Kier alpha value is -2.35. The maximum absolute atomic E-state index is 5.88. The van der Waals surface area contributed by atoms with Gasteiger partial charge in [-0.3, -0.25) is 4.98 Å². The van der Waals surface area contributed by atoms with E-state index in [-0.39, 0.29) is 0 Å². The molecule has 0 aliphatic rings. The molecule has 0 spiro atoms. The molecule has 88 valence electrons. The average molecular weight is 235 g/mol. The second-order valence-electron chi connectivity index (χ2n) is 4.12. The summed E-state index contributed by atoms with van der Waals surface area (Å²) in [5.41, 5.74) is 1.12. The van der Waals surface area contributed by atoms with Crippen molar-refractivity contribution in [3.05, 3.63) is 72.6 Å². The van der Waals surface area contributed by atoms with Gasteiger partial charge in [0.1, 0.15) is 12.4 Å². The van der Waals surface area contributed by atoms with Crippen molar-refractivity contribution in [3.63, 3.8) is 0 Å². The maximum Gasteiger partial charge on any atom is 0.127 e. The van der Waals surface area contributed by atoms with Crippen LogP contribution in [0.3, 0.4) is 0 Å². The minimum absolute atomic E-state index is 0.566. The molecule has 0 saturated carbocycles. The van der Waals surface area contributed by atoms with Crippen LogP contribution in [0.15, 0.2) is 67.0 Å². The van der Waals surface area contributed by atoms with Gasteiger partial charge in [-0.2, -0.15) is 0 Å². The Balaban J connectivity index is 1.87. The van der Waals surface area contributed by atoms with Gasteiger partial charge >= 0.3 is 0 Å². The minimum Gasteiger partial charge on any atom is -0.488 e.